The number of sulfone groups is 1. The molecule has 0 saturated carbocycles. The van der Waals surface area contributed by atoms with Crippen LogP contribution in [-0.4, -0.2) is 41.1 Å². The third-order valence-corrected chi connectivity index (χ3v) is 5.92. The Morgan fingerprint density at radius 3 is 2.52 bits per heavy atom. The Morgan fingerprint density at radius 1 is 1.06 bits per heavy atom. The third kappa shape index (κ3) is 4.75. The molecule has 0 amide bonds. The van der Waals surface area contributed by atoms with Crippen molar-refractivity contribution in [2.75, 3.05) is 12.8 Å². The molecule has 31 heavy (non-hydrogen) atoms. The number of alkyl halides is 3. The molecule has 1 aromatic carbocycles. The summed E-state index contributed by atoms with van der Waals surface area (Å²) in [5, 5.41) is -0.168. The van der Waals surface area contributed by atoms with Crippen LogP contribution in [0.25, 0.3) is 11.3 Å². The molecular weight excluding hydrogens is 429 g/mol. The monoisotopic (exact) mass is 448 g/mol. The van der Waals surface area contributed by atoms with Crippen LogP contribution >= 0.6 is 0 Å². The average molecular weight is 448 g/mol. The molecule has 0 bridgehead atoms. The first-order valence-corrected chi connectivity index (χ1v) is 11.4. The quantitative estimate of drug-likeness (QED) is 0.569. The van der Waals surface area contributed by atoms with Gasteiger partial charge in [-0.2, -0.15) is 13.2 Å². The number of aromatic nitrogens is 3. The summed E-state index contributed by atoms with van der Waals surface area (Å²) in [6, 6.07) is 8.75. The van der Waals surface area contributed by atoms with Crippen molar-refractivity contribution in [1.82, 2.24) is 19.9 Å². The molecule has 10 heteroatoms. The van der Waals surface area contributed by atoms with Gasteiger partial charge in [0.05, 0.1) is 17.0 Å². The summed E-state index contributed by atoms with van der Waals surface area (Å²) in [5.74, 6) is 0. The van der Waals surface area contributed by atoms with Crippen LogP contribution < -0.4 is 0 Å². The Balaban J connectivity index is 1.49. The lowest BCUT2D eigenvalue weighted by Crippen LogP contribution is -2.31. The Bertz CT molecular complexity index is 1210. The van der Waals surface area contributed by atoms with Crippen molar-refractivity contribution in [1.29, 1.82) is 0 Å². The van der Waals surface area contributed by atoms with Crippen molar-refractivity contribution in [3.05, 3.63) is 71.2 Å². The average Bonchev–Trinajstić information content (AvgIpc) is 2.72. The maximum atomic E-state index is 13.3. The van der Waals surface area contributed by atoms with Crippen LogP contribution in [0.1, 0.15) is 22.4 Å². The first kappa shape index (κ1) is 21.4. The smallest absolute Gasteiger partial charge is 0.294 e. The molecule has 0 unspecified atom stereocenters. The first-order chi connectivity index (χ1) is 14.6. The molecule has 3 heterocycles. The minimum absolute atomic E-state index is 0.0484. The SMILES string of the molecule is CS(=O)(=O)c1ncc2c(n1)CCN(Cc1ccc(-c3ccccc3C(F)(F)F)nc1)C2. The summed E-state index contributed by atoms with van der Waals surface area (Å²) in [6.45, 7) is 1.78. The van der Waals surface area contributed by atoms with Crippen molar-refractivity contribution < 1.29 is 21.6 Å². The summed E-state index contributed by atoms with van der Waals surface area (Å²) in [7, 11) is -3.45. The fourth-order valence-electron chi connectivity index (χ4n) is 3.56. The number of halogens is 3. The summed E-state index contributed by atoms with van der Waals surface area (Å²) < 4.78 is 63.0. The van der Waals surface area contributed by atoms with Crippen molar-refractivity contribution in [2.24, 2.45) is 0 Å². The molecule has 0 atom stereocenters. The molecule has 6 nitrogen and oxygen atoms in total. The molecule has 162 valence electrons. The van der Waals surface area contributed by atoms with Crippen LogP contribution in [-0.2, 0) is 35.5 Å². The lowest BCUT2D eigenvalue weighted by molar-refractivity contribution is -0.137. The van der Waals surface area contributed by atoms with E-state index in [-0.39, 0.29) is 16.4 Å². The summed E-state index contributed by atoms with van der Waals surface area (Å²) in [6.07, 6.45) is 0.344. The molecular formula is C21H19F3N4O2S. The van der Waals surface area contributed by atoms with Gasteiger partial charge >= 0.3 is 6.18 Å². The minimum atomic E-state index is -4.45. The van der Waals surface area contributed by atoms with Crippen LogP contribution in [0.4, 0.5) is 13.2 Å². The minimum Gasteiger partial charge on any atom is -0.294 e. The second-order valence-corrected chi connectivity index (χ2v) is 9.36. The Hall–Kier alpha value is -2.85. The van der Waals surface area contributed by atoms with E-state index < -0.39 is 21.6 Å². The molecule has 0 fully saturated rings. The third-order valence-electron chi connectivity index (χ3n) is 5.06. The van der Waals surface area contributed by atoms with Crippen molar-refractivity contribution in [3.8, 4) is 11.3 Å². The van der Waals surface area contributed by atoms with Gasteiger partial charge in [0, 0.05) is 55.8 Å². The Labute approximate surface area is 177 Å². The van der Waals surface area contributed by atoms with Crippen LogP contribution in [0, 0.1) is 0 Å². The van der Waals surface area contributed by atoms with E-state index in [4.69, 9.17) is 0 Å². The van der Waals surface area contributed by atoms with Gasteiger partial charge in [-0.1, -0.05) is 24.3 Å². The molecule has 0 spiro atoms. The summed E-state index contributed by atoms with van der Waals surface area (Å²) in [5.41, 5.74) is 2.06. The van der Waals surface area contributed by atoms with E-state index in [0.29, 0.717) is 26.1 Å². The molecule has 0 saturated heterocycles. The normalized spacial score (nSPS) is 15.0. The number of rotatable bonds is 4. The van der Waals surface area contributed by atoms with Crippen molar-refractivity contribution in [3.63, 3.8) is 0 Å². The van der Waals surface area contributed by atoms with Gasteiger partial charge in [0.2, 0.25) is 15.0 Å². The van der Waals surface area contributed by atoms with Gasteiger partial charge in [0.15, 0.2) is 0 Å². The van der Waals surface area contributed by atoms with Crippen LogP contribution in [0.2, 0.25) is 0 Å². The van der Waals surface area contributed by atoms with Gasteiger partial charge in [-0.3, -0.25) is 9.88 Å². The van der Waals surface area contributed by atoms with Gasteiger partial charge in [0.25, 0.3) is 0 Å². The highest BCUT2D eigenvalue weighted by Gasteiger charge is 2.33. The zero-order valence-electron chi connectivity index (χ0n) is 16.6. The molecule has 3 aromatic rings. The first-order valence-electron chi connectivity index (χ1n) is 9.50. The lowest BCUT2D eigenvalue weighted by atomic mass is 10.0. The molecule has 0 N–H and O–H groups in total. The highest BCUT2D eigenvalue weighted by molar-refractivity contribution is 7.90. The second kappa shape index (κ2) is 8.01. The number of benzene rings is 1. The van der Waals surface area contributed by atoms with Crippen LogP contribution in [0.5, 0.6) is 0 Å². The largest absolute Gasteiger partial charge is 0.417 e. The lowest BCUT2D eigenvalue weighted by Gasteiger charge is -2.27. The van der Waals surface area contributed by atoms with Gasteiger partial charge in [-0.15, -0.1) is 0 Å². The summed E-state index contributed by atoms with van der Waals surface area (Å²) >= 11 is 0. The fraction of sp³-hybridized carbons (Fsp3) is 0.286. The van der Waals surface area contributed by atoms with Crippen molar-refractivity contribution in [2.45, 2.75) is 30.8 Å². The van der Waals surface area contributed by atoms with E-state index in [2.05, 4.69) is 19.9 Å². The van der Waals surface area contributed by atoms with Gasteiger partial charge in [0.1, 0.15) is 0 Å². The van der Waals surface area contributed by atoms with Gasteiger partial charge < -0.3 is 0 Å². The Morgan fingerprint density at radius 2 is 1.84 bits per heavy atom. The van der Waals surface area contributed by atoms with E-state index in [1.807, 2.05) is 0 Å². The van der Waals surface area contributed by atoms with E-state index in [9.17, 15) is 21.6 Å². The summed E-state index contributed by atoms with van der Waals surface area (Å²) in [4.78, 5) is 14.5. The number of hydrogen-bond acceptors (Lipinski definition) is 6. The molecule has 0 radical (unpaired) electrons. The number of pyridine rings is 1. The predicted octanol–water partition coefficient (Wildman–Crippen LogP) is 3.52. The maximum absolute atomic E-state index is 13.3. The van der Waals surface area contributed by atoms with Gasteiger partial charge in [-0.25, -0.2) is 18.4 Å². The Kier molecular flexibility index (Phi) is 5.52. The zero-order chi connectivity index (χ0) is 22.2. The topological polar surface area (TPSA) is 76.1 Å². The molecule has 1 aliphatic rings. The van der Waals surface area contributed by atoms with Crippen molar-refractivity contribution >= 4 is 9.84 Å². The molecule has 4 rings (SSSR count). The van der Waals surface area contributed by atoms with E-state index in [1.165, 1.54) is 12.1 Å². The standard InChI is InChI=1S/C21H19F3N4O2S/c1-31(29,30)20-26-11-15-13-28(9-8-18(15)27-20)12-14-6-7-19(25-10-14)16-4-2-3-5-17(16)21(22,23)24/h2-7,10-11H,8-9,12-13H2,1H3. The second-order valence-electron chi connectivity index (χ2n) is 7.45. The number of fused-ring (bicyclic) bond motifs is 1. The van der Waals surface area contributed by atoms with Crippen LogP contribution in [0.15, 0.2) is 53.9 Å². The highest BCUT2D eigenvalue weighted by atomic mass is 32.2. The highest BCUT2D eigenvalue weighted by Crippen LogP contribution is 2.36. The van der Waals surface area contributed by atoms with E-state index >= 15 is 0 Å². The van der Waals surface area contributed by atoms with E-state index in [1.54, 1.807) is 30.6 Å². The number of hydrogen-bond donors (Lipinski definition) is 0. The molecule has 0 aliphatic carbocycles. The van der Waals surface area contributed by atoms with Gasteiger partial charge in [-0.05, 0) is 17.7 Å². The van der Waals surface area contributed by atoms with Crippen LogP contribution in [0.3, 0.4) is 0 Å². The zero-order valence-corrected chi connectivity index (χ0v) is 17.4. The maximum Gasteiger partial charge on any atom is 0.417 e. The van der Waals surface area contributed by atoms with E-state index in [0.717, 1.165) is 29.1 Å². The fourth-order valence-corrected chi connectivity index (χ4v) is 4.08. The number of nitrogens with zero attached hydrogens (tertiary/aromatic N) is 4. The predicted molar refractivity (Wildman–Crippen MR) is 108 cm³/mol. The molecule has 2 aromatic heterocycles. The molecule has 1 aliphatic heterocycles.